The highest BCUT2D eigenvalue weighted by atomic mass is 16.3. The van der Waals surface area contributed by atoms with E-state index in [0.717, 1.165) is 22.3 Å². The van der Waals surface area contributed by atoms with Crippen molar-refractivity contribution < 1.29 is 10.2 Å². The van der Waals surface area contributed by atoms with Gasteiger partial charge in [0.1, 0.15) is 17.7 Å². The number of aliphatic hydroxyl groups is 2. The number of hydrogen-bond donors (Lipinski definition) is 4. The fourth-order valence-electron chi connectivity index (χ4n) is 4.54. The summed E-state index contributed by atoms with van der Waals surface area (Å²) < 4.78 is 0. The number of fused-ring (bicyclic) bond motifs is 2. The fourth-order valence-corrected chi connectivity index (χ4v) is 4.54. The maximum absolute atomic E-state index is 10.6. The van der Waals surface area contributed by atoms with E-state index in [1.165, 1.54) is 0 Å². The van der Waals surface area contributed by atoms with E-state index < -0.39 is 12.2 Å². The molecule has 0 radical (unpaired) electrons. The fraction of sp³-hybridized carbons (Fsp3) is 0.250. The molecule has 6 heteroatoms. The van der Waals surface area contributed by atoms with Crippen LogP contribution in [0.25, 0.3) is 0 Å². The van der Waals surface area contributed by atoms with E-state index in [0.29, 0.717) is 30.0 Å². The normalized spacial score (nSPS) is 24.0. The zero-order valence-electron chi connectivity index (χ0n) is 16.3. The van der Waals surface area contributed by atoms with Gasteiger partial charge < -0.3 is 20.8 Å². The predicted octanol–water partition coefficient (Wildman–Crippen LogP) is 3.09. The van der Waals surface area contributed by atoms with Gasteiger partial charge >= 0.3 is 0 Å². The molecule has 0 saturated heterocycles. The van der Waals surface area contributed by atoms with Gasteiger partial charge in [-0.15, -0.1) is 0 Å². The molecule has 0 fully saturated rings. The van der Waals surface area contributed by atoms with Crippen LogP contribution >= 0.6 is 0 Å². The predicted molar refractivity (Wildman–Crippen MR) is 114 cm³/mol. The van der Waals surface area contributed by atoms with Gasteiger partial charge in [-0.25, -0.2) is 4.98 Å². The van der Waals surface area contributed by atoms with Crippen LogP contribution in [0.2, 0.25) is 0 Å². The van der Waals surface area contributed by atoms with Crippen LogP contribution < -0.4 is 10.6 Å². The Bertz CT molecular complexity index is 1140. The van der Waals surface area contributed by atoms with E-state index in [9.17, 15) is 15.5 Å². The Hall–Kier alpha value is -3.40. The Morgan fingerprint density at radius 1 is 0.800 bits per heavy atom. The molecule has 4 N–H and O–H groups in total. The minimum absolute atomic E-state index is 0.257. The van der Waals surface area contributed by atoms with Crippen molar-refractivity contribution in [3.05, 3.63) is 88.5 Å². The Balaban J connectivity index is 1.43. The van der Waals surface area contributed by atoms with Crippen LogP contribution in [0.15, 0.2) is 60.7 Å². The molecule has 2 aliphatic carbocycles. The number of nitrogens with one attached hydrogen (secondary N) is 2. The topological polar surface area (TPSA) is 101 Å². The SMILES string of the molecule is N#Cc1ccc(N[C@@H]2c3ccccc3C[C@@H]2O)nc1N[C@H]1c2ccccc2C[C@@H]1O. The van der Waals surface area contributed by atoms with Gasteiger partial charge in [0.15, 0.2) is 0 Å². The molecule has 5 rings (SSSR count). The minimum Gasteiger partial charge on any atom is -0.390 e. The average molecular weight is 398 g/mol. The number of rotatable bonds is 4. The van der Waals surface area contributed by atoms with Crippen molar-refractivity contribution in [2.75, 3.05) is 10.6 Å². The Labute approximate surface area is 174 Å². The molecule has 0 amide bonds. The van der Waals surface area contributed by atoms with E-state index in [4.69, 9.17) is 0 Å². The highest BCUT2D eigenvalue weighted by molar-refractivity contribution is 5.59. The molecule has 0 spiro atoms. The monoisotopic (exact) mass is 398 g/mol. The smallest absolute Gasteiger partial charge is 0.146 e. The highest BCUT2D eigenvalue weighted by Gasteiger charge is 2.33. The van der Waals surface area contributed by atoms with Crippen molar-refractivity contribution in [2.45, 2.75) is 37.1 Å². The lowest BCUT2D eigenvalue weighted by Crippen LogP contribution is -2.24. The summed E-state index contributed by atoms with van der Waals surface area (Å²) in [6, 6.07) is 20.9. The lowest BCUT2D eigenvalue weighted by molar-refractivity contribution is 0.165. The molecule has 150 valence electrons. The molecule has 30 heavy (non-hydrogen) atoms. The molecule has 2 aliphatic rings. The zero-order valence-corrected chi connectivity index (χ0v) is 16.3. The number of pyridine rings is 1. The van der Waals surface area contributed by atoms with Crippen molar-refractivity contribution in [1.29, 1.82) is 5.26 Å². The summed E-state index contributed by atoms with van der Waals surface area (Å²) in [5.41, 5.74) is 4.71. The van der Waals surface area contributed by atoms with Gasteiger partial charge in [0.05, 0.1) is 29.9 Å². The van der Waals surface area contributed by atoms with Gasteiger partial charge in [-0.1, -0.05) is 48.5 Å². The molecule has 1 aromatic heterocycles. The number of anilines is 2. The van der Waals surface area contributed by atoms with Crippen LogP contribution in [-0.2, 0) is 12.8 Å². The second-order valence-electron chi connectivity index (χ2n) is 7.89. The zero-order chi connectivity index (χ0) is 20.7. The summed E-state index contributed by atoms with van der Waals surface area (Å²) in [6.45, 7) is 0. The number of aromatic nitrogens is 1. The molecule has 1 heterocycles. The van der Waals surface area contributed by atoms with Crippen LogP contribution in [-0.4, -0.2) is 27.4 Å². The van der Waals surface area contributed by atoms with E-state index >= 15 is 0 Å². The van der Waals surface area contributed by atoms with Crippen LogP contribution in [0.5, 0.6) is 0 Å². The lowest BCUT2D eigenvalue weighted by Gasteiger charge is -2.22. The molecule has 4 atom stereocenters. The summed E-state index contributed by atoms with van der Waals surface area (Å²) in [5.74, 6) is 0.988. The van der Waals surface area contributed by atoms with Crippen LogP contribution in [0.4, 0.5) is 11.6 Å². The number of nitriles is 1. The Kier molecular flexibility index (Phi) is 4.62. The first kappa shape index (κ1) is 18.6. The third-order valence-corrected chi connectivity index (χ3v) is 6.02. The third-order valence-electron chi connectivity index (χ3n) is 6.02. The van der Waals surface area contributed by atoms with Gasteiger partial charge in [-0.2, -0.15) is 5.26 Å². The van der Waals surface area contributed by atoms with Crippen LogP contribution in [0.1, 0.15) is 39.9 Å². The first-order valence-corrected chi connectivity index (χ1v) is 10.1. The molecule has 2 aromatic carbocycles. The molecule has 0 bridgehead atoms. The van der Waals surface area contributed by atoms with Gasteiger partial charge in [0.2, 0.25) is 0 Å². The molecule has 0 saturated carbocycles. The number of aliphatic hydroxyl groups excluding tert-OH is 2. The van der Waals surface area contributed by atoms with Crippen molar-refractivity contribution in [3.63, 3.8) is 0 Å². The summed E-state index contributed by atoms with van der Waals surface area (Å²) in [7, 11) is 0. The summed E-state index contributed by atoms with van der Waals surface area (Å²) in [4.78, 5) is 4.62. The van der Waals surface area contributed by atoms with E-state index in [1.807, 2.05) is 48.5 Å². The highest BCUT2D eigenvalue weighted by Crippen LogP contribution is 2.36. The molecular formula is C24H22N4O2. The lowest BCUT2D eigenvalue weighted by atomic mass is 10.1. The second-order valence-corrected chi connectivity index (χ2v) is 7.89. The minimum atomic E-state index is -0.587. The van der Waals surface area contributed by atoms with Gasteiger partial charge in [-0.05, 0) is 34.4 Å². The third kappa shape index (κ3) is 3.18. The van der Waals surface area contributed by atoms with Crippen molar-refractivity contribution >= 4 is 11.6 Å². The van der Waals surface area contributed by atoms with Gasteiger partial charge in [0, 0.05) is 12.8 Å². The summed E-state index contributed by atoms with van der Waals surface area (Å²) in [5, 5.41) is 37.2. The average Bonchev–Trinajstić information content (AvgIpc) is 3.24. The first-order valence-electron chi connectivity index (χ1n) is 10.1. The largest absolute Gasteiger partial charge is 0.390 e. The molecule has 0 aliphatic heterocycles. The molecule has 0 unspecified atom stereocenters. The maximum Gasteiger partial charge on any atom is 0.146 e. The van der Waals surface area contributed by atoms with Gasteiger partial charge in [0.25, 0.3) is 0 Å². The van der Waals surface area contributed by atoms with Crippen LogP contribution in [0, 0.1) is 11.3 Å². The number of nitrogens with zero attached hydrogens (tertiary/aromatic N) is 2. The quantitative estimate of drug-likeness (QED) is 0.539. The molecule has 6 nitrogen and oxygen atoms in total. The summed E-state index contributed by atoms with van der Waals surface area (Å²) >= 11 is 0. The maximum atomic E-state index is 10.6. The van der Waals surface area contributed by atoms with E-state index in [2.05, 4.69) is 21.7 Å². The second kappa shape index (κ2) is 7.45. The number of hydrogen-bond acceptors (Lipinski definition) is 6. The van der Waals surface area contributed by atoms with Gasteiger partial charge in [-0.3, -0.25) is 0 Å². The van der Waals surface area contributed by atoms with Crippen molar-refractivity contribution in [3.8, 4) is 6.07 Å². The Morgan fingerprint density at radius 2 is 1.37 bits per heavy atom. The van der Waals surface area contributed by atoms with E-state index in [-0.39, 0.29) is 12.1 Å². The Morgan fingerprint density at radius 3 is 1.97 bits per heavy atom. The standard InChI is InChI=1S/C24H22N4O2/c25-13-16-9-10-21(26-22-17-7-3-1-5-14(17)11-19(22)29)27-24(16)28-23-18-8-4-2-6-15(18)12-20(23)30/h1-10,19-20,22-23,29-30H,11-12H2,(H2,26,27,28)/t19-,20-,22+,23-/m0/s1. The first-order chi connectivity index (χ1) is 14.6. The van der Waals surface area contributed by atoms with Crippen molar-refractivity contribution in [1.82, 2.24) is 4.98 Å². The van der Waals surface area contributed by atoms with Crippen LogP contribution in [0.3, 0.4) is 0 Å². The molecular weight excluding hydrogens is 376 g/mol. The number of benzene rings is 2. The van der Waals surface area contributed by atoms with E-state index in [1.54, 1.807) is 12.1 Å². The summed E-state index contributed by atoms with van der Waals surface area (Å²) in [6.07, 6.45) is 0.0367. The molecule has 3 aromatic rings. The van der Waals surface area contributed by atoms with Crippen molar-refractivity contribution in [2.24, 2.45) is 0 Å².